The first-order chi connectivity index (χ1) is 8.37. The Morgan fingerprint density at radius 1 is 1.44 bits per heavy atom. The van der Waals surface area contributed by atoms with E-state index in [4.69, 9.17) is 10.5 Å². The predicted octanol–water partition coefficient (Wildman–Crippen LogP) is 2.80. The number of anilines is 1. The normalized spacial score (nSPS) is 11.7. The number of nitrogens with zero attached hydrogens (tertiary/aromatic N) is 1. The van der Waals surface area contributed by atoms with Gasteiger partial charge in [-0.2, -0.15) is 0 Å². The lowest BCUT2D eigenvalue weighted by Crippen LogP contribution is -2.23. The molecule has 4 nitrogen and oxygen atoms in total. The summed E-state index contributed by atoms with van der Waals surface area (Å²) in [5, 5.41) is 0. The zero-order chi connectivity index (χ0) is 13.6. The molecule has 0 saturated carbocycles. The molecule has 0 amide bonds. The molecule has 0 aliphatic heterocycles. The van der Waals surface area contributed by atoms with E-state index in [2.05, 4.69) is 4.98 Å². The van der Waals surface area contributed by atoms with Crippen LogP contribution in [-0.4, -0.2) is 16.6 Å². The molecule has 1 rings (SSSR count). The number of aromatic nitrogens is 1. The standard InChI is InChI=1S/C14H20N2O2/c1-14(2,3)18-13(17)7-5-4-6-11-8-12(15)10-16-9-11/h4,6,8-10H,5,7,15H2,1-3H3/b6-4+. The summed E-state index contributed by atoms with van der Waals surface area (Å²) in [6.45, 7) is 5.58. The monoisotopic (exact) mass is 248 g/mol. The fraction of sp³-hybridized carbons (Fsp3) is 0.429. The molecule has 1 aromatic heterocycles. The van der Waals surface area contributed by atoms with Gasteiger partial charge in [0.2, 0.25) is 0 Å². The van der Waals surface area contributed by atoms with Crippen LogP contribution in [0.4, 0.5) is 5.69 Å². The van der Waals surface area contributed by atoms with Crippen molar-refractivity contribution in [2.75, 3.05) is 5.73 Å². The lowest BCUT2D eigenvalue weighted by atomic mass is 10.2. The van der Waals surface area contributed by atoms with E-state index in [1.54, 1.807) is 12.4 Å². The number of ether oxygens (including phenoxy) is 1. The zero-order valence-electron chi connectivity index (χ0n) is 11.1. The Labute approximate surface area is 108 Å². The van der Waals surface area contributed by atoms with Crippen LogP contribution in [0.5, 0.6) is 0 Å². The largest absolute Gasteiger partial charge is 0.460 e. The van der Waals surface area contributed by atoms with Crippen LogP contribution in [0.2, 0.25) is 0 Å². The van der Waals surface area contributed by atoms with E-state index < -0.39 is 5.60 Å². The van der Waals surface area contributed by atoms with Crippen molar-refractivity contribution >= 4 is 17.7 Å². The van der Waals surface area contributed by atoms with Crippen LogP contribution in [0, 0.1) is 0 Å². The molecule has 1 aromatic rings. The van der Waals surface area contributed by atoms with Crippen molar-refractivity contribution < 1.29 is 9.53 Å². The second kappa shape index (κ2) is 6.19. The predicted molar refractivity (Wildman–Crippen MR) is 72.8 cm³/mol. The molecular weight excluding hydrogens is 228 g/mol. The van der Waals surface area contributed by atoms with Crippen LogP contribution in [0.3, 0.4) is 0 Å². The van der Waals surface area contributed by atoms with Crippen molar-refractivity contribution in [3.63, 3.8) is 0 Å². The Balaban J connectivity index is 2.36. The Hall–Kier alpha value is -1.84. The molecule has 0 aliphatic carbocycles. The second-order valence-corrected chi connectivity index (χ2v) is 5.08. The molecule has 98 valence electrons. The molecule has 0 saturated heterocycles. The summed E-state index contributed by atoms with van der Waals surface area (Å²) in [7, 11) is 0. The number of allylic oxidation sites excluding steroid dienone is 1. The van der Waals surface area contributed by atoms with Crippen LogP contribution >= 0.6 is 0 Å². The topological polar surface area (TPSA) is 65.2 Å². The number of rotatable bonds is 4. The molecule has 1 heterocycles. The second-order valence-electron chi connectivity index (χ2n) is 5.08. The van der Waals surface area contributed by atoms with Gasteiger partial charge in [0.25, 0.3) is 0 Å². The van der Waals surface area contributed by atoms with Crippen LogP contribution in [0.15, 0.2) is 24.5 Å². The fourth-order valence-corrected chi connectivity index (χ4v) is 1.38. The van der Waals surface area contributed by atoms with Crippen molar-refractivity contribution in [2.45, 2.75) is 39.2 Å². The van der Waals surface area contributed by atoms with Gasteiger partial charge in [0.15, 0.2) is 0 Å². The van der Waals surface area contributed by atoms with Gasteiger partial charge in [-0.05, 0) is 38.8 Å². The Bertz CT molecular complexity index is 434. The third kappa shape index (κ3) is 6.03. The van der Waals surface area contributed by atoms with Crippen molar-refractivity contribution in [1.29, 1.82) is 0 Å². The molecular formula is C14H20N2O2. The highest BCUT2D eigenvalue weighted by Crippen LogP contribution is 2.10. The number of hydrogen-bond acceptors (Lipinski definition) is 4. The highest BCUT2D eigenvalue weighted by Gasteiger charge is 2.14. The van der Waals surface area contributed by atoms with Gasteiger partial charge in [-0.3, -0.25) is 9.78 Å². The first-order valence-electron chi connectivity index (χ1n) is 5.96. The molecule has 2 N–H and O–H groups in total. The van der Waals surface area contributed by atoms with Crippen LogP contribution in [0.1, 0.15) is 39.2 Å². The van der Waals surface area contributed by atoms with Gasteiger partial charge < -0.3 is 10.5 Å². The molecule has 0 bridgehead atoms. The number of esters is 1. The number of carbonyl (C=O) groups excluding carboxylic acids is 1. The van der Waals surface area contributed by atoms with Gasteiger partial charge in [-0.25, -0.2) is 0 Å². The van der Waals surface area contributed by atoms with Crippen LogP contribution in [0.25, 0.3) is 6.08 Å². The van der Waals surface area contributed by atoms with Crippen molar-refractivity contribution in [1.82, 2.24) is 4.98 Å². The van der Waals surface area contributed by atoms with Gasteiger partial charge in [-0.15, -0.1) is 0 Å². The van der Waals surface area contributed by atoms with Gasteiger partial charge in [0.1, 0.15) is 5.60 Å². The average Bonchev–Trinajstić information content (AvgIpc) is 2.22. The molecule has 0 aromatic carbocycles. The highest BCUT2D eigenvalue weighted by molar-refractivity contribution is 5.70. The van der Waals surface area contributed by atoms with Crippen molar-refractivity contribution in [2.24, 2.45) is 0 Å². The minimum absolute atomic E-state index is 0.183. The summed E-state index contributed by atoms with van der Waals surface area (Å²) in [5.74, 6) is -0.183. The first-order valence-corrected chi connectivity index (χ1v) is 5.96. The van der Waals surface area contributed by atoms with Crippen molar-refractivity contribution in [3.8, 4) is 0 Å². The van der Waals surface area contributed by atoms with E-state index >= 15 is 0 Å². The number of nitrogens with two attached hydrogens (primary N) is 1. The lowest BCUT2D eigenvalue weighted by Gasteiger charge is -2.19. The van der Waals surface area contributed by atoms with Crippen LogP contribution in [-0.2, 0) is 9.53 Å². The van der Waals surface area contributed by atoms with E-state index in [1.165, 1.54) is 0 Å². The van der Waals surface area contributed by atoms with Gasteiger partial charge >= 0.3 is 5.97 Å². The quantitative estimate of drug-likeness (QED) is 0.832. The molecule has 0 spiro atoms. The Kier molecular flexibility index (Phi) is 4.89. The smallest absolute Gasteiger partial charge is 0.306 e. The van der Waals surface area contributed by atoms with Gasteiger partial charge in [0.05, 0.1) is 5.69 Å². The molecule has 0 atom stereocenters. The molecule has 4 heteroatoms. The Morgan fingerprint density at radius 3 is 2.78 bits per heavy atom. The van der Waals surface area contributed by atoms with Gasteiger partial charge in [-0.1, -0.05) is 12.2 Å². The van der Waals surface area contributed by atoms with Gasteiger partial charge in [0, 0.05) is 18.8 Å². The Morgan fingerprint density at radius 2 is 2.17 bits per heavy atom. The summed E-state index contributed by atoms with van der Waals surface area (Å²) in [5.41, 5.74) is 6.75. The molecule has 0 unspecified atom stereocenters. The number of nitrogen functional groups attached to an aromatic ring is 1. The van der Waals surface area contributed by atoms with E-state index in [0.29, 0.717) is 18.5 Å². The average molecular weight is 248 g/mol. The van der Waals surface area contributed by atoms with E-state index in [9.17, 15) is 4.79 Å². The molecule has 0 fully saturated rings. The fourth-order valence-electron chi connectivity index (χ4n) is 1.38. The summed E-state index contributed by atoms with van der Waals surface area (Å²) < 4.78 is 5.20. The van der Waals surface area contributed by atoms with E-state index in [0.717, 1.165) is 5.56 Å². The molecule has 18 heavy (non-hydrogen) atoms. The summed E-state index contributed by atoms with van der Waals surface area (Å²) >= 11 is 0. The first kappa shape index (κ1) is 14.2. The third-order valence-electron chi connectivity index (χ3n) is 2.03. The number of pyridine rings is 1. The molecule has 0 aliphatic rings. The summed E-state index contributed by atoms with van der Waals surface area (Å²) in [4.78, 5) is 15.4. The maximum Gasteiger partial charge on any atom is 0.306 e. The number of hydrogen-bond donors (Lipinski definition) is 1. The highest BCUT2D eigenvalue weighted by atomic mass is 16.6. The zero-order valence-corrected chi connectivity index (χ0v) is 11.1. The number of carbonyl (C=O) groups is 1. The SMILES string of the molecule is CC(C)(C)OC(=O)CC/C=C/c1cncc(N)c1. The summed E-state index contributed by atoms with van der Waals surface area (Å²) in [6, 6.07) is 1.83. The maximum atomic E-state index is 11.4. The third-order valence-corrected chi connectivity index (χ3v) is 2.03. The molecule has 0 radical (unpaired) electrons. The van der Waals surface area contributed by atoms with E-state index in [1.807, 2.05) is 39.0 Å². The van der Waals surface area contributed by atoms with E-state index in [-0.39, 0.29) is 5.97 Å². The minimum Gasteiger partial charge on any atom is -0.460 e. The maximum absolute atomic E-state index is 11.4. The minimum atomic E-state index is -0.418. The van der Waals surface area contributed by atoms with Crippen molar-refractivity contribution in [3.05, 3.63) is 30.1 Å². The summed E-state index contributed by atoms with van der Waals surface area (Å²) in [6.07, 6.45) is 8.15. The van der Waals surface area contributed by atoms with Crippen LogP contribution < -0.4 is 5.73 Å². The lowest BCUT2D eigenvalue weighted by molar-refractivity contribution is -0.154.